The van der Waals surface area contributed by atoms with Crippen LogP contribution in [0.3, 0.4) is 0 Å². The lowest BCUT2D eigenvalue weighted by atomic mass is 9.98. The quantitative estimate of drug-likeness (QED) is 0.442. The van der Waals surface area contributed by atoms with E-state index in [1.54, 1.807) is 19.1 Å². The zero-order valence-electron chi connectivity index (χ0n) is 8.98. The molecule has 0 unspecified atom stereocenters. The van der Waals surface area contributed by atoms with E-state index in [0.717, 1.165) is 0 Å². The van der Waals surface area contributed by atoms with Gasteiger partial charge >= 0.3 is 0 Å². The topological polar surface area (TPSA) is 84.0 Å². The second kappa shape index (κ2) is 4.53. The van der Waals surface area contributed by atoms with Gasteiger partial charge in [0.2, 0.25) is 0 Å². The summed E-state index contributed by atoms with van der Waals surface area (Å²) in [6.45, 7) is 3.04. The normalized spacial score (nSPS) is 9.56. The van der Waals surface area contributed by atoms with E-state index < -0.39 is 10.7 Å². The summed E-state index contributed by atoms with van der Waals surface area (Å²) in [5, 5.41) is 19.8. The number of rotatable bonds is 3. The minimum absolute atomic E-state index is 0.0137. The molecule has 0 radical (unpaired) electrons. The molecule has 0 aliphatic carbocycles. The van der Waals surface area contributed by atoms with Gasteiger partial charge in [-0.05, 0) is 25.0 Å². The average molecular weight is 218 g/mol. The Morgan fingerprint density at radius 2 is 2.19 bits per heavy atom. The lowest BCUT2D eigenvalue weighted by Crippen LogP contribution is -2.05. The number of nitro groups is 1. The fourth-order valence-electron chi connectivity index (χ4n) is 1.53. The van der Waals surface area contributed by atoms with Crippen molar-refractivity contribution in [3.63, 3.8) is 0 Å². The van der Waals surface area contributed by atoms with Crippen molar-refractivity contribution in [2.45, 2.75) is 20.3 Å². The van der Waals surface area contributed by atoms with E-state index in [-0.39, 0.29) is 16.8 Å². The molecule has 0 aromatic heterocycles. The molecule has 0 saturated carbocycles. The van der Waals surface area contributed by atoms with Gasteiger partial charge in [-0.25, -0.2) is 0 Å². The van der Waals surface area contributed by atoms with Gasteiger partial charge in [0.25, 0.3) is 5.69 Å². The molecule has 0 spiro atoms. The van der Waals surface area contributed by atoms with E-state index in [0.29, 0.717) is 12.0 Å². The van der Waals surface area contributed by atoms with Crippen LogP contribution >= 0.6 is 0 Å². The Labute approximate surface area is 92.5 Å². The molecule has 0 amide bonds. The number of nitriles is 1. The summed E-state index contributed by atoms with van der Waals surface area (Å²) < 4.78 is 0. The third kappa shape index (κ3) is 1.91. The van der Waals surface area contributed by atoms with Crippen molar-refractivity contribution in [3.05, 3.63) is 38.9 Å². The van der Waals surface area contributed by atoms with E-state index in [1.165, 1.54) is 13.0 Å². The molecular weight excluding hydrogens is 208 g/mol. The molecule has 5 nitrogen and oxygen atoms in total. The molecule has 5 heteroatoms. The Balaban J connectivity index is 3.65. The van der Waals surface area contributed by atoms with Crippen LogP contribution in [0.1, 0.15) is 35.3 Å². The monoisotopic (exact) mass is 218 g/mol. The first-order chi connectivity index (χ1) is 7.52. The predicted octanol–water partition coefficient (Wildman–Crippen LogP) is 2.23. The van der Waals surface area contributed by atoms with Crippen LogP contribution in [0.5, 0.6) is 0 Å². The van der Waals surface area contributed by atoms with Gasteiger partial charge in [-0.15, -0.1) is 0 Å². The van der Waals surface area contributed by atoms with Crippen molar-refractivity contribution >= 4 is 11.5 Å². The maximum atomic E-state index is 11.2. The predicted molar refractivity (Wildman–Crippen MR) is 57.2 cm³/mol. The number of nitrogens with zero attached hydrogens (tertiary/aromatic N) is 2. The molecule has 16 heavy (non-hydrogen) atoms. The van der Waals surface area contributed by atoms with Crippen LogP contribution < -0.4 is 0 Å². The number of hydrogen-bond acceptors (Lipinski definition) is 4. The van der Waals surface area contributed by atoms with Crippen molar-refractivity contribution in [1.29, 1.82) is 5.26 Å². The summed E-state index contributed by atoms with van der Waals surface area (Å²) in [5.74, 6) is -0.411. The van der Waals surface area contributed by atoms with Crippen molar-refractivity contribution < 1.29 is 9.72 Å². The highest BCUT2D eigenvalue weighted by Crippen LogP contribution is 2.27. The van der Waals surface area contributed by atoms with Gasteiger partial charge < -0.3 is 0 Å². The van der Waals surface area contributed by atoms with Gasteiger partial charge in [-0.3, -0.25) is 14.9 Å². The number of ketones is 1. The summed E-state index contributed by atoms with van der Waals surface area (Å²) in [7, 11) is 0. The molecule has 82 valence electrons. The minimum atomic E-state index is -0.672. The molecule has 0 saturated heterocycles. The van der Waals surface area contributed by atoms with Crippen LogP contribution in [-0.2, 0) is 6.42 Å². The van der Waals surface area contributed by atoms with E-state index >= 15 is 0 Å². The first-order valence-corrected chi connectivity index (χ1v) is 4.74. The molecule has 1 aromatic rings. The summed E-state index contributed by atoms with van der Waals surface area (Å²) >= 11 is 0. The molecule has 0 heterocycles. The van der Waals surface area contributed by atoms with Gasteiger partial charge in [0.15, 0.2) is 5.78 Å². The SMILES string of the molecule is CCc1ccc(C(C)=O)c([N+](=O)[O-])c1C#N. The first kappa shape index (κ1) is 11.9. The zero-order valence-corrected chi connectivity index (χ0v) is 8.98. The van der Waals surface area contributed by atoms with Crippen LogP contribution in [-0.4, -0.2) is 10.7 Å². The van der Waals surface area contributed by atoms with E-state index in [1.807, 2.05) is 0 Å². The van der Waals surface area contributed by atoms with Crippen LogP contribution in [0.15, 0.2) is 12.1 Å². The highest BCUT2D eigenvalue weighted by Gasteiger charge is 2.24. The van der Waals surface area contributed by atoms with Gasteiger partial charge in [0.1, 0.15) is 11.6 Å². The number of Topliss-reactive ketones (excluding diaryl/α,β-unsaturated/α-hetero) is 1. The third-order valence-corrected chi connectivity index (χ3v) is 2.32. The second-order valence-electron chi connectivity index (χ2n) is 3.27. The number of carbonyl (C=O) groups is 1. The van der Waals surface area contributed by atoms with Crippen LogP contribution in [0.2, 0.25) is 0 Å². The number of hydrogen-bond donors (Lipinski definition) is 0. The fourth-order valence-corrected chi connectivity index (χ4v) is 1.53. The van der Waals surface area contributed by atoms with E-state index in [4.69, 9.17) is 5.26 Å². The fraction of sp³-hybridized carbons (Fsp3) is 0.273. The number of carbonyl (C=O) groups excluding carboxylic acids is 1. The standard InChI is InChI=1S/C11H10N2O3/c1-3-8-4-5-9(7(2)14)11(13(15)16)10(8)6-12/h4-5H,3H2,1-2H3. The van der Waals surface area contributed by atoms with Crippen LogP contribution in [0.4, 0.5) is 5.69 Å². The molecule has 0 N–H and O–H groups in total. The van der Waals surface area contributed by atoms with Crippen molar-refractivity contribution in [2.24, 2.45) is 0 Å². The van der Waals surface area contributed by atoms with Crippen molar-refractivity contribution in [3.8, 4) is 6.07 Å². The van der Waals surface area contributed by atoms with Gasteiger partial charge in [0.05, 0.1) is 10.5 Å². The van der Waals surface area contributed by atoms with Crippen molar-refractivity contribution in [1.82, 2.24) is 0 Å². The van der Waals surface area contributed by atoms with Crippen molar-refractivity contribution in [2.75, 3.05) is 0 Å². The molecule has 0 fully saturated rings. The lowest BCUT2D eigenvalue weighted by molar-refractivity contribution is -0.385. The summed E-state index contributed by atoms with van der Waals surface area (Å²) in [4.78, 5) is 21.4. The smallest absolute Gasteiger partial charge is 0.294 e. The Morgan fingerprint density at radius 1 is 1.56 bits per heavy atom. The minimum Gasteiger partial charge on any atom is -0.294 e. The Morgan fingerprint density at radius 3 is 2.56 bits per heavy atom. The van der Waals surface area contributed by atoms with Gasteiger partial charge in [0, 0.05) is 0 Å². The maximum absolute atomic E-state index is 11.2. The zero-order chi connectivity index (χ0) is 12.3. The summed E-state index contributed by atoms with van der Waals surface area (Å²) in [5.41, 5.74) is 0.174. The average Bonchev–Trinajstić information content (AvgIpc) is 2.26. The Kier molecular flexibility index (Phi) is 3.36. The summed E-state index contributed by atoms with van der Waals surface area (Å²) in [6, 6.07) is 4.79. The number of benzene rings is 1. The molecule has 0 bridgehead atoms. The molecular formula is C11H10N2O3. The summed E-state index contributed by atoms with van der Waals surface area (Å²) in [6.07, 6.45) is 0.516. The molecule has 1 aromatic carbocycles. The van der Waals surface area contributed by atoms with Gasteiger partial charge in [-0.1, -0.05) is 13.0 Å². The molecule has 0 aliphatic heterocycles. The largest absolute Gasteiger partial charge is 0.298 e. The second-order valence-corrected chi connectivity index (χ2v) is 3.27. The van der Waals surface area contributed by atoms with Crippen LogP contribution in [0, 0.1) is 21.4 Å². The van der Waals surface area contributed by atoms with Crippen LogP contribution in [0.25, 0.3) is 0 Å². The highest BCUT2D eigenvalue weighted by atomic mass is 16.6. The number of nitro benzene ring substituents is 1. The Hall–Kier alpha value is -2.22. The number of aryl methyl sites for hydroxylation is 1. The first-order valence-electron chi connectivity index (χ1n) is 4.74. The highest BCUT2D eigenvalue weighted by molar-refractivity contribution is 5.99. The van der Waals surface area contributed by atoms with E-state index in [2.05, 4.69) is 0 Å². The third-order valence-electron chi connectivity index (χ3n) is 2.32. The maximum Gasteiger partial charge on any atom is 0.298 e. The van der Waals surface area contributed by atoms with E-state index in [9.17, 15) is 14.9 Å². The Bertz CT molecular complexity index is 501. The molecule has 0 atom stereocenters. The molecule has 1 rings (SSSR count). The molecule has 0 aliphatic rings. The van der Waals surface area contributed by atoms with Gasteiger partial charge in [-0.2, -0.15) is 5.26 Å². The lowest BCUT2D eigenvalue weighted by Gasteiger charge is -2.04.